The zero-order chi connectivity index (χ0) is 21.0. The van der Waals surface area contributed by atoms with Crippen molar-refractivity contribution in [3.63, 3.8) is 0 Å². The fraction of sp³-hybridized carbons (Fsp3) is 0.560. The van der Waals surface area contributed by atoms with E-state index >= 15 is 4.39 Å². The molecule has 0 unspecified atom stereocenters. The Morgan fingerprint density at radius 2 is 1.76 bits per heavy atom. The second-order valence-corrected chi connectivity index (χ2v) is 8.46. The van der Waals surface area contributed by atoms with Crippen molar-refractivity contribution < 1.29 is 9.18 Å². The Balaban J connectivity index is 1.93. The molecule has 1 saturated carbocycles. The summed E-state index contributed by atoms with van der Waals surface area (Å²) in [5.74, 6) is -0.0270. The van der Waals surface area contributed by atoms with E-state index in [4.69, 9.17) is 0 Å². The summed E-state index contributed by atoms with van der Waals surface area (Å²) in [6.07, 6.45) is 5.62. The van der Waals surface area contributed by atoms with E-state index in [1.807, 2.05) is 0 Å². The van der Waals surface area contributed by atoms with Gasteiger partial charge in [-0.2, -0.15) is 0 Å². The van der Waals surface area contributed by atoms with Gasteiger partial charge in [-0.3, -0.25) is 4.79 Å². The number of aromatic nitrogens is 1. The van der Waals surface area contributed by atoms with Crippen LogP contribution < -0.4 is 5.32 Å². The first-order chi connectivity index (χ1) is 13.9. The third-order valence-electron chi connectivity index (χ3n) is 6.25. The minimum Gasteiger partial charge on any atom is -0.348 e. The third kappa shape index (κ3) is 4.57. The van der Waals surface area contributed by atoms with Crippen molar-refractivity contribution >= 4 is 5.91 Å². The van der Waals surface area contributed by atoms with Crippen molar-refractivity contribution in [2.24, 2.45) is 0 Å². The lowest BCUT2D eigenvalue weighted by Crippen LogP contribution is -2.37. The lowest BCUT2D eigenvalue weighted by molar-refractivity contribution is 0.0427. The molecule has 29 heavy (non-hydrogen) atoms. The van der Waals surface area contributed by atoms with Crippen LogP contribution in [-0.4, -0.2) is 16.1 Å². The zero-order valence-corrected chi connectivity index (χ0v) is 18.4. The van der Waals surface area contributed by atoms with Crippen molar-refractivity contribution in [2.75, 3.05) is 0 Å². The number of hydrogen-bond acceptors (Lipinski definition) is 1. The maximum absolute atomic E-state index is 15.0. The maximum atomic E-state index is 15.0. The minimum atomic E-state index is -1.11. The molecule has 0 saturated heterocycles. The lowest BCUT2D eigenvalue weighted by Gasteiger charge is -2.35. The van der Waals surface area contributed by atoms with E-state index in [1.165, 1.54) is 5.56 Å². The van der Waals surface area contributed by atoms with Gasteiger partial charge in [0.15, 0.2) is 0 Å². The average Bonchev–Trinajstić information content (AvgIpc) is 2.98. The number of alkyl halides is 1. The van der Waals surface area contributed by atoms with Crippen LogP contribution in [0, 0.1) is 6.92 Å². The van der Waals surface area contributed by atoms with Gasteiger partial charge in [0.05, 0.1) is 12.1 Å². The van der Waals surface area contributed by atoms with Gasteiger partial charge in [-0.05, 0) is 56.6 Å². The van der Waals surface area contributed by atoms with Crippen LogP contribution >= 0.6 is 0 Å². The topological polar surface area (TPSA) is 34.0 Å². The molecule has 1 aliphatic rings. The van der Waals surface area contributed by atoms with Crippen LogP contribution in [0.5, 0.6) is 0 Å². The van der Waals surface area contributed by atoms with E-state index in [2.05, 4.69) is 61.8 Å². The maximum Gasteiger partial charge on any atom is 0.253 e. The van der Waals surface area contributed by atoms with E-state index in [9.17, 15) is 4.79 Å². The van der Waals surface area contributed by atoms with Crippen LogP contribution in [0.1, 0.15) is 84.9 Å². The Morgan fingerprint density at radius 1 is 1.10 bits per heavy atom. The molecule has 1 aromatic heterocycles. The molecule has 0 bridgehead atoms. The summed E-state index contributed by atoms with van der Waals surface area (Å²) in [4.78, 5) is 13.3. The smallest absolute Gasteiger partial charge is 0.253 e. The summed E-state index contributed by atoms with van der Waals surface area (Å²) in [7, 11) is 0. The highest BCUT2D eigenvalue weighted by atomic mass is 19.1. The Kier molecular flexibility index (Phi) is 6.81. The number of nitrogens with one attached hydrogen (secondary N) is 1. The van der Waals surface area contributed by atoms with Gasteiger partial charge in [0.2, 0.25) is 0 Å². The van der Waals surface area contributed by atoms with Crippen molar-refractivity contribution in [1.82, 2.24) is 9.88 Å². The zero-order valence-electron chi connectivity index (χ0n) is 18.4. The molecule has 3 nitrogen and oxygen atoms in total. The first kappa shape index (κ1) is 21.6. The van der Waals surface area contributed by atoms with Gasteiger partial charge >= 0.3 is 0 Å². The predicted molar refractivity (Wildman–Crippen MR) is 117 cm³/mol. The van der Waals surface area contributed by atoms with E-state index in [0.717, 1.165) is 60.2 Å². The quantitative estimate of drug-likeness (QED) is 0.578. The number of benzene rings is 1. The molecular weight excluding hydrogens is 363 g/mol. The van der Waals surface area contributed by atoms with Gasteiger partial charge in [0.25, 0.3) is 5.91 Å². The highest BCUT2D eigenvalue weighted by Gasteiger charge is 2.39. The Morgan fingerprint density at radius 3 is 2.28 bits per heavy atom. The van der Waals surface area contributed by atoms with Crippen LogP contribution in [0.2, 0.25) is 0 Å². The number of halogens is 1. The molecule has 3 rings (SSSR count). The molecule has 1 aliphatic carbocycles. The van der Waals surface area contributed by atoms with E-state index in [0.29, 0.717) is 25.9 Å². The molecule has 0 spiro atoms. The second kappa shape index (κ2) is 9.15. The molecule has 158 valence electrons. The van der Waals surface area contributed by atoms with Gasteiger partial charge in [0.1, 0.15) is 5.67 Å². The predicted octanol–water partition coefficient (Wildman–Crippen LogP) is 5.70. The van der Waals surface area contributed by atoms with E-state index in [1.54, 1.807) is 0 Å². The normalized spacial score (nSPS) is 15.2. The monoisotopic (exact) mass is 398 g/mol. The SMILES string of the molecule is CCCc1c(C(=O)NCc2ccc(C)cc2)c(CC)n(CC2(F)CCC2)c1CC. The van der Waals surface area contributed by atoms with Crippen LogP contribution in [0.4, 0.5) is 4.39 Å². The van der Waals surface area contributed by atoms with Crippen LogP contribution in [0.15, 0.2) is 24.3 Å². The first-order valence-corrected chi connectivity index (χ1v) is 11.2. The fourth-order valence-electron chi connectivity index (χ4n) is 4.51. The lowest BCUT2D eigenvalue weighted by atomic mass is 9.82. The molecule has 0 aliphatic heterocycles. The molecular formula is C25H35FN2O. The highest BCUT2D eigenvalue weighted by Crippen LogP contribution is 2.39. The Hall–Kier alpha value is -2.10. The number of rotatable bonds is 9. The summed E-state index contributed by atoms with van der Waals surface area (Å²) < 4.78 is 17.2. The molecule has 1 fully saturated rings. The summed E-state index contributed by atoms with van der Waals surface area (Å²) in [5.41, 5.74) is 5.25. The first-order valence-electron chi connectivity index (χ1n) is 11.2. The van der Waals surface area contributed by atoms with Crippen molar-refractivity contribution in [1.29, 1.82) is 0 Å². The van der Waals surface area contributed by atoms with Crippen LogP contribution in [-0.2, 0) is 32.4 Å². The Labute approximate surface area is 174 Å². The molecule has 1 N–H and O–H groups in total. The highest BCUT2D eigenvalue weighted by molar-refractivity contribution is 5.97. The van der Waals surface area contributed by atoms with Crippen LogP contribution in [0.3, 0.4) is 0 Å². The van der Waals surface area contributed by atoms with Gasteiger partial charge in [-0.25, -0.2) is 4.39 Å². The number of aryl methyl sites for hydroxylation is 1. The number of nitrogens with zero attached hydrogens (tertiary/aromatic N) is 1. The van der Waals surface area contributed by atoms with E-state index < -0.39 is 5.67 Å². The van der Waals surface area contributed by atoms with Crippen molar-refractivity contribution in [3.8, 4) is 0 Å². The number of carbonyl (C=O) groups is 1. The largest absolute Gasteiger partial charge is 0.348 e. The van der Waals surface area contributed by atoms with Crippen molar-refractivity contribution in [3.05, 3.63) is 57.9 Å². The van der Waals surface area contributed by atoms with E-state index in [-0.39, 0.29) is 5.91 Å². The fourth-order valence-corrected chi connectivity index (χ4v) is 4.51. The standard InChI is InChI=1S/C25H35FN2O/c1-5-9-20-21(6-2)28(17-25(26)14-8-15-25)22(7-3)23(20)24(29)27-16-19-12-10-18(4)11-13-19/h10-13H,5-9,14-17H2,1-4H3,(H,27,29). The second-order valence-electron chi connectivity index (χ2n) is 8.46. The average molecular weight is 399 g/mol. The molecule has 4 heteroatoms. The summed E-state index contributed by atoms with van der Waals surface area (Å²) in [5, 5.41) is 3.12. The summed E-state index contributed by atoms with van der Waals surface area (Å²) in [6.45, 7) is 9.28. The number of hydrogen-bond donors (Lipinski definition) is 1. The minimum absolute atomic E-state index is 0.0270. The molecule has 1 aromatic carbocycles. The number of amides is 1. The summed E-state index contributed by atoms with van der Waals surface area (Å²) >= 11 is 0. The Bertz CT molecular complexity index is 847. The van der Waals surface area contributed by atoms with Gasteiger partial charge in [-0.15, -0.1) is 0 Å². The van der Waals surface area contributed by atoms with Crippen molar-refractivity contribution in [2.45, 2.75) is 91.4 Å². The summed E-state index contributed by atoms with van der Waals surface area (Å²) in [6, 6.07) is 8.23. The molecule has 0 radical (unpaired) electrons. The molecule has 2 aromatic rings. The van der Waals surface area contributed by atoms with Gasteiger partial charge < -0.3 is 9.88 Å². The van der Waals surface area contributed by atoms with Gasteiger partial charge in [-0.1, -0.05) is 57.0 Å². The van der Waals surface area contributed by atoms with Crippen LogP contribution in [0.25, 0.3) is 0 Å². The van der Waals surface area contributed by atoms with Gasteiger partial charge in [0, 0.05) is 17.9 Å². The molecule has 0 atom stereocenters. The third-order valence-corrected chi connectivity index (χ3v) is 6.25. The number of carbonyl (C=O) groups excluding carboxylic acids is 1. The molecule has 1 heterocycles. The molecule has 1 amide bonds.